The van der Waals surface area contributed by atoms with Gasteiger partial charge in [0, 0.05) is 13.4 Å². The number of anilines is 1. The van der Waals surface area contributed by atoms with E-state index in [1.54, 1.807) is 6.92 Å². The van der Waals surface area contributed by atoms with Crippen molar-refractivity contribution in [2.75, 3.05) is 32.0 Å². The topological polar surface area (TPSA) is 81.7 Å². The number of rotatable bonds is 6. The van der Waals surface area contributed by atoms with E-state index in [-0.39, 0.29) is 34.5 Å². The molecule has 20 heavy (non-hydrogen) atoms. The first kappa shape index (κ1) is 16.7. The van der Waals surface area contributed by atoms with Crippen LogP contribution in [0.1, 0.15) is 17.3 Å². The lowest BCUT2D eigenvalue weighted by Gasteiger charge is -2.14. The van der Waals surface area contributed by atoms with E-state index in [0.29, 0.717) is 0 Å². The Kier molecular flexibility index (Phi) is 5.79. The minimum atomic E-state index is -3.50. The van der Waals surface area contributed by atoms with Gasteiger partial charge in [0.25, 0.3) is 0 Å². The molecule has 0 radical (unpaired) electrons. The highest BCUT2D eigenvalue weighted by Crippen LogP contribution is 2.33. The SMILES string of the molecule is CCOC(=O)c1ccc(S(C)(=O)=O)c(NCOC)c1Cl. The van der Waals surface area contributed by atoms with Crippen molar-refractivity contribution in [2.24, 2.45) is 0 Å². The molecule has 0 bridgehead atoms. The fourth-order valence-electron chi connectivity index (χ4n) is 1.54. The highest BCUT2D eigenvalue weighted by atomic mass is 35.5. The van der Waals surface area contributed by atoms with Gasteiger partial charge in [-0.05, 0) is 19.1 Å². The van der Waals surface area contributed by atoms with Crippen molar-refractivity contribution in [3.8, 4) is 0 Å². The summed E-state index contributed by atoms with van der Waals surface area (Å²) in [5, 5.41) is 2.72. The monoisotopic (exact) mass is 321 g/mol. The fraction of sp³-hybridized carbons (Fsp3) is 0.417. The number of halogens is 1. The molecule has 0 fully saturated rings. The lowest BCUT2D eigenvalue weighted by atomic mass is 10.2. The van der Waals surface area contributed by atoms with Gasteiger partial charge in [0.05, 0.1) is 27.8 Å². The van der Waals surface area contributed by atoms with Gasteiger partial charge in [-0.1, -0.05) is 11.6 Å². The van der Waals surface area contributed by atoms with Gasteiger partial charge in [0.2, 0.25) is 0 Å². The average Bonchev–Trinajstić information content (AvgIpc) is 2.36. The number of carbonyl (C=O) groups excluding carboxylic acids is 1. The molecule has 0 heterocycles. The van der Waals surface area contributed by atoms with Crippen LogP contribution in [0.4, 0.5) is 5.69 Å². The lowest BCUT2D eigenvalue weighted by molar-refractivity contribution is 0.0526. The molecule has 0 unspecified atom stereocenters. The van der Waals surface area contributed by atoms with Gasteiger partial charge in [0.15, 0.2) is 9.84 Å². The Morgan fingerprint density at radius 3 is 2.55 bits per heavy atom. The average molecular weight is 322 g/mol. The Morgan fingerprint density at radius 2 is 2.05 bits per heavy atom. The summed E-state index contributed by atoms with van der Waals surface area (Å²) in [5.41, 5.74) is 0.223. The Labute approximate surface area is 122 Å². The zero-order valence-corrected chi connectivity index (χ0v) is 13.0. The van der Waals surface area contributed by atoms with E-state index < -0.39 is 15.8 Å². The Balaban J connectivity index is 3.38. The Bertz CT molecular complexity index is 600. The second-order valence-corrected chi connectivity index (χ2v) is 6.26. The number of ether oxygens (including phenoxy) is 2. The molecule has 0 aliphatic rings. The van der Waals surface area contributed by atoms with E-state index in [9.17, 15) is 13.2 Å². The molecule has 8 heteroatoms. The van der Waals surface area contributed by atoms with Gasteiger partial charge in [0.1, 0.15) is 6.73 Å². The number of benzene rings is 1. The van der Waals surface area contributed by atoms with Gasteiger partial charge in [-0.15, -0.1) is 0 Å². The highest BCUT2D eigenvalue weighted by molar-refractivity contribution is 7.90. The molecule has 0 aliphatic carbocycles. The van der Waals surface area contributed by atoms with Crippen LogP contribution in [-0.4, -0.2) is 41.1 Å². The molecule has 1 rings (SSSR count). The molecule has 1 aromatic rings. The summed E-state index contributed by atoms with van der Waals surface area (Å²) < 4.78 is 33.1. The molecule has 0 atom stereocenters. The normalized spacial score (nSPS) is 11.2. The van der Waals surface area contributed by atoms with Crippen molar-refractivity contribution in [2.45, 2.75) is 11.8 Å². The third kappa shape index (κ3) is 3.84. The minimum Gasteiger partial charge on any atom is -0.462 e. The summed E-state index contributed by atoms with van der Waals surface area (Å²) in [5.74, 6) is -0.613. The molecule has 0 saturated heterocycles. The second-order valence-electron chi connectivity index (χ2n) is 3.90. The van der Waals surface area contributed by atoms with E-state index >= 15 is 0 Å². The first-order valence-electron chi connectivity index (χ1n) is 5.75. The molecule has 112 valence electrons. The van der Waals surface area contributed by atoms with Crippen LogP contribution in [0.5, 0.6) is 0 Å². The van der Waals surface area contributed by atoms with Crippen LogP contribution in [0.2, 0.25) is 5.02 Å². The molecular weight excluding hydrogens is 306 g/mol. The number of sulfone groups is 1. The molecule has 1 N–H and O–H groups in total. The third-order valence-electron chi connectivity index (χ3n) is 2.39. The zero-order chi connectivity index (χ0) is 15.3. The first-order valence-corrected chi connectivity index (χ1v) is 8.02. The first-order chi connectivity index (χ1) is 9.32. The third-order valence-corrected chi connectivity index (χ3v) is 3.92. The number of esters is 1. The predicted molar refractivity (Wildman–Crippen MR) is 76.0 cm³/mol. The maximum absolute atomic E-state index is 11.7. The molecular formula is C12H16ClNO5S. The fourth-order valence-corrected chi connectivity index (χ4v) is 2.77. The van der Waals surface area contributed by atoms with E-state index in [2.05, 4.69) is 5.32 Å². The molecule has 0 spiro atoms. The second kappa shape index (κ2) is 6.92. The van der Waals surface area contributed by atoms with Crippen molar-refractivity contribution in [3.63, 3.8) is 0 Å². The summed E-state index contributed by atoms with van der Waals surface area (Å²) in [6, 6.07) is 2.64. The van der Waals surface area contributed by atoms with Crippen LogP contribution in [0, 0.1) is 0 Å². The van der Waals surface area contributed by atoms with Crippen LogP contribution >= 0.6 is 11.6 Å². The highest BCUT2D eigenvalue weighted by Gasteiger charge is 2.22. The van der Waals surface area contributed by atoms with Gasteiger partial charge in [-0.25, -0.2) is 13.2 Å². The van der Waals surface area contributed by atoms with Gasteiger partial charge in [-0.2, -0.15) is 0 Å². The van der Waals surface area contributed by atoms with Crippen molar-refractivity contribution in [3.05, 3.63) is 22.7 Å². The molecule has 6 nitrogen and oxygen atoms in total. The van der Waals surface area contributed by atoms with Crippen molar-refractivity contribution >= 4 is 33.1 Å². The molecule has 0 aromatic heterocycles. The number of hydrogen-bond acceptors (Lipinski definition) is 6. The molecule has 0 saturated carbocycles. The van der Waals surface area contributed by atoms with Crippen LogP contribution in [-0.2, 0) is 19.3 Å². The molecule has 1 aromatic carbocycles. The number of methoxy groups -OCH3 is 1. The number of carbonyl (C=O) groups is 1. The summed E-state index contributed by atoms with van der Waals surface area (Å²) in [4.78, 5) is 11.7. The van der Waals surface area contributed by atoms with Crippen LogP contribution in [0.25, 0.3) is 0 Å². The van der Waals surface area contributed by atoms with E-state index in [4.69, 9.17) is 21.1 Å². The molecule has 0 aliphatic heterocycles. The van der Waals surface area contributed by atoms with E-state index in [1.807, 2.05) is 0 Å². The largest absolute Gasteiger partial charge is 0.462 e. The van der Waals surface area contributed by atoms with Crippen molar-refractivity contribution in [1.82, 2.24) is 0 Å². The lowest BCUT2D eigenvalue weighted by Crippen LogP contribution is -2.12. The maximum Gasteiger partial charge on any atom is 0.339 e. The Morgan fingerprint density at radius 1 is 1.40 bits per heavy atom. The zero-order valence-electron chi connectivity index (χ0n) is 11.4. The number of hydrogen-bond donors (Lipinski definition) is 1. The van der Waals surface area contributed by atoms with E-state index in [0.717, 1.165) is 6.26 Å². The number of nitrogens with one attached hydrogen (secondary N) is 1. The van der Waals surface area contributed by atoms with Crippen LogP contribution in [0.15, 0.2) is 17.0 Å². The van der Waals surface area contributed by atoms with Crippen LogP contribution in [0.3, 0.4) is 0 Å². The predicted octanol–water partition coefficient (Wildman–Crippen LogP) is 1.94. The van der Waals surface area contributed by atoms with Crippen molar-refractivity contribution < 1.29 is 22.7 Å². The smallest absolute Gasteiger partial charge is 0.339 e. The standard InChI is InChI=1S/C12H16ClNO5S/c1-4-19-12(15)8-5-6-9(20(3,16)17)11(10(8)13)14-7-18-2/h5-6,14H,4,7H2,1-3H3. The quantitative estimate of drug-likeness (QED) is 0.637. The Hall–Kier alpha value is -1.31. The summed E-state index contributed by atoms with van der Waals surface area (Å²) in [6.07, 6.45) is 1.06. The summed E-state index contributed by atoms with van der Waals surface area (Å²) >= 11 is 6.10. The van der Waals surface area contributed by atoms with Gasteiger partial charge in [-0.3, -0.25) is 0 Å². The maximum atomic E-state index is 11.7. The van der Waals surface area contributed by atoms with Crippen molar-refractivity contribution in [1.29, 1.82) is 0 Å². The molecule has 0 amide bonds. The summed E-state index contributed by atoms with van der Waals surface area (Å²) in [7, 11) is -2.06. The van der Waals surface area contributed by atoms with E-state index in [1.165, 1.54) is 19.2 Å². The van der Waals surface area contributed by atoms with Gasteiger partial charge < -0.3 is 14.8 Å². The van der Waals surface area contributed by atoms with Gasteiger partial charge >= 0.3 is 5.97 Å². The summed E-state index contributed by atoms with van der Waals surface area (Å²) in [6.45, 7) is 1.92. The minimum absolute atomic E-state index is 0.00685. The van der Waals surface area contributed by atoms with Crippen LogP contribution < -0.4 is 5.32 Å².